The standard InChI is InChI=1S/C26H45NP2/c1-19(2)28(9,20(3)4)25-17-13-11-15-23(25)27-24-16-12-14-18-26(24)29(10,21(5)6)22(7)8/h11-22,27-29H,1-10H3. The third-order valence-electron chi connectivity index (χ3n) is 8.08. The Balaban J connectivity index is 2.62. The summed E-state index contributed by atoms with van der Waals surface area (Å²) in [5, 5.41) is 7.08. The SMILES string of the molecule is CC(C)[PH](C)(c1ccccc1Nc1ccccc1[PH](C)(C(C)C)C(C)C)C(C)C. The van der Waals surface area contributed by atoms with Crippen molar-refractivity contribution < 1.29 is 0 Å². The Morgan fingerprint density at radius 3 is 1.07 bits per heavy atom. The van der Waals surface area contributed by atoms with E-state index in [0.29, 0.717) is 22.6 Å². The monoisotopic (exact) mass is 433 g/mol. The molecule has 2 aromatic rings. The van der Waals surface area contributed by atoms with Crippen molar-refractivity contribution in [1.82, 2.24) is 0 Å². The number of hydrogen-bond donors (Lipinski definition) is 1. The molecule has 0 heterocycles. The van der Waals surface area contributed by atoms with E-state index >= 15 is 0 Å². The zero-order valence-electron chi connectivity index (χ0n) is 20.4. The number of nitrogens with one attached hydrogen (secondary N) is 1. The molecule has 0 saturated heterocycles. The maximum absolute atomic E-state index is 3.94. The van der Waals surface area contributed by atoms with Gasteiger partial charge in [-0.3, -0.25) is 0 Å². The van der Waals surface area contributed by atoms with Crippen LogP contribution in [0.2, 0.25) is 0 Å². The predicted molar refractivity (Wildman–Crippen MR) is 144 cm³/mol. The molecule has 0 bridgehead atoms. The van der Waals surface area contributed by atoms with E-state index < -0.39 is 14.5 Å². The third-order valence-corrected chi connectivity index (χ3v) is 20.9. The fraction of sp³-hybridized carbons (Fsp3) is 0.538. The van der Waals surface area contributed by atoms with Crippen molar-refractivity contribution >= 4 is 36.5 Å². The third kappa shape index (κ3) is 4.57. The second-order valence-electron chi connectivity index (χ2n) is 10.4. The fourth-order valence-electron chi connectivity index (χ4n) is 4.85. The van der Waals surface area contributed by atoms with Crippen molar-refractivity contribution in [2.45, 2.75) is 78.0 Å². The van der Waals surface area contributed by atoms with Gasteiger partial charge in [-0.1, -0.05) is 0 Å². The first-order valence-electron chi connectivity index (χ1n) is 11.4. The van der Waals surface area contributed by atoms with Gasteiger partial charge in [0.05, 0.1) is 0 Å². The van der Waals surface area contributed by atoms with Crippen LogP contribution >= 0.6 is 14.5 Å². The predicted octanol–water partition coefficient (Wildman–Crippen LogP) is 7.07. The summed E-state index contributed by atoms with van der Waals surface area (Å²) in [6.07, 6.45) is 0. The van der Waals surface area contributed by atoms with Gasteiger partial charge < -0.3 is 0 Å². The molecule has 0 aliphatic rings. The van der Waals surface area contributed by atoms with Gasteiger partial charge in [-0.05, 0) is 0 Å². The molecule has 1 nitrogen and oxygen atoms in total. The quantitative estimate of drug-likeness (QED) is 0.439. The molecule has 3 heteroatoms. The van der Waals surface area contributed by atoms with E-state index in [4.69, 9.17) is 0 Å². The Morgan fingerprint density at radius 2 is 0.793 bits per heavy atom. The molecule has 0 amide bonds. The van der Waals surface area contributed by atoms with Crippen LogP contribution in [-0.2, 0) is 0 Å². The second kappa shape index (κ2) is 9.49. The molecule has 0 radical (unpaired) electrons. The number of para-hydroxylation sites is 2. The molecule has 0 unspecified atom stereocenters. The van der Waals surface area contributed by atoms with Crippen LogP contribution in [0.3, 0.4) is 0 Å². The Kier molecular flexibility index (Phi) is 7.98. The van der Waals surface area contributed by atoms with Crippen LogP contribution in [0.5, 0.6) is 0 Å². The summed E-state index contributed by atoms with van der Waals surface area (Å²) in [5.41, 5.74) is 5.44. The average Bonchev–Trinajstić information content (AvgIpc) is 2.66. The molecular formula is C26H45NP2. The number of anilines is 2. The minimum atomic E-state index is -1.64. The summed E-state index contributed by atoms with van der Waals surface area (Å²) in [5.74, 6) is 0. The maximum atomic E-state index is 3.94. The summed E-state index contributed by atoms with van der Waals surface area (Å²) in [6.45, 7) is 24.5. The second-order valence-corrected chi connectivity index (χ2v) is 21.2. The van der Waals surface area contributed by atoms with Crippen molar-refractivity contribution in [1.29, 1.82) is 0 Å². The van der Waals surface area contributed by atoms with E-state index in [2.05, 4.69) is 123 Å². The van der Waals surface area contributed by atoms with Crippen molar-refractivity contribution in [3.63, 3.8) is 0 Å². The van der Waals surface area contributed by atoms with Gasteiger partial charge in [0.15, 0.2) is 0 Å². The van der Waals surface area contributed by atoms with Crippen molar-refractivity contribution in [3.8, 4) is 0 Å². The van der Waals surface area contributed by atoms with E-state index in [0.717, 1.165) is 0 Å². The molecule has 0 aliphatic heterocycles. The van der Waals surface area contributed by atoms with Crippen LogP contribution in [0, 0.1) is 0 Å². The van der Waals surface area contributed by atoms with E-state index in [1.54, 1.807) is 10.6 Å². The molecule has 0 saturated carbocycles. The van der Waals surface area contributed by atoms with Gasteiger partial charge in [0, 0.05) is 0 Å². The molecule has 0 aliphatic carbocycles. The summed E-state index contributed by atoms with van der Waals surface area (Å²) in [7, 11) is -3.27. The molecule has 1 N–H and O–H groups in total. The van der Waals surface area contributed by atoms with Crippen LogP contribution in [-0.4, -0.2) is 36.0 Å². The van der Waals surface area contributed by atoms with E-state index in [9.17, 15) is 0 Å². The molecule has 2 aromatic carbocycles. The molecule has 2 rings (SSSR count). The van der Waals surface area contributed by atoms with Gasteiger partial charge in [-0.25, -0.2) is 0 Å². The van der Waals surface area contributed by atoms with Gasteiger partial charge in [0.25, 0.3) is 0 Å². The van der Waals surface area contributed by atoms with Crippen LogP contribution < -0.4 is 15.9 Å². The first-order valence-corrected chi connectivity index (χ1v) is 16.7. The Hall–Kier alpha value is -0.900. The molecule has 0 aromatic heterocycles. The van der Waals surface area contributed by atoms with Crippen molar-refractivity contribution in [3.05, 3.63) is 48.5 Å². The molecule has 0 atom stereocenters. The first kappa shape index (κ1) is 24.4. The molecule has 29 heavy (non-hydrogen) atoms. The minimum absolute atomic E-state index is 0.701. The van der Waals surface area contributed by atoms with Gasteiger partial charge in [0.1, 0.15) is 0 Å². The van der Waals surface area contributed by atoms with Gasteiger partial charge in [-0.15, -0.1) is 0 Å². The summed E-state index contributed by atoms with van der Waals surface area (Å²) >= 11 is 0. The van der Waals surface area contributed by atoms with Gasteiger partial charge in [0.2, 0.25) is 0 Å². The Bertz CT molecular complexity index is 724. The molecule has 0 spiro atoms. The normalized spacial score (nSPS) is 14.1. The van der Waals surface area contributed by atoms with Crippen LogP contribution in [0.15, 0.2) is 48.5 Å². The summed E-state index contributed by atoms with van der Waals surface area (Å²) < 4.78 is 0. The zero-order chi connectivity index (χ0) is 22.0. The zero-order valence-corrected chi connectivity index (χ0v) is 22.4. The molecular weight excluding hydrogens is 388 g/mol. The molecule has 164 valence electrons. The fourth-order valence-corrected chi connectivity index (χ4v) is 12.4. The topological polar surface area (TPSA) is 12.0 Å². The van der Waals surface area contributed by atoms with Gasteiger partial charge >= 0.3 is 182 Å². The van der Waals surface area contributed by atoms with Crippen LogP contribution in [0.1, 0.15) is 55.4 Å². The van der Waals surface area contributed by atoms with Gasteiger partial charge in [-0.2, -0.15) is 0 Å². The number of hydrogen-bond acceptors (Lipinski definition) is 1. The average molecular weight is 434 g/mol. The van der Waals surface area contributed by atoms with Crippen LogP contribution in [0.4, 0.5) is 11.4 Å². The number of benzene rings is 2. The summed E-state index contributed by atoms with van der Waals surface area (Å²) in [6, 6.07) is 18.2. The van der Waals surface area contributed by atoms with Crippen molar-refractivity contribution in [2.24, 2.45) is 0 Å². The number of rotatable bonds is 8. The summed E-state index contributed by atoms with van der Waals surface area (Å²) in [4.78, 5) is 0. The Labute approximate surface area is 181 Å². The van der Waals surface area contributed by atoms with E-state index in [1.165, 1.54) is 11.4 Å². The van der Waals surface area contributed by atoms with E-state index in [1.807, 2.05) is 0 Å². The first-order chi connectivity index (χ1) is 13.5. The molecule has 0 fully saturated rings. The van der Waals surface area contributed by atoms with Crippen LogP contribution in [0.25, 0.3) is 0 Å². The van der Waals surface area contributed by atoms with E-state index in [-0.39, 0.29) is 0 Å². The van der Waals surface area contributed by atoms with Crippen molar-refractivity contribution in [2.75, 3.05) is 18.6 Å². The Morgan fingerprint density at radius 1 is 0.517 bits per heavy atom.